The average molecular weight is 599 g/mol. The Labute approximate surface area is 245 Å². The van der Waals surface area contributed by atoms with Crippen LogP contribution in [0.25, 0.3) is 0 Å². The number of aryl methyl sites for hydroxylation is 1. The Morgan fingerprint density at radius 1 is 1.05 bits per heavy atom. The van der Waals surface area contributed by atoms with Gasteiger partial charge in [0.25, 0.3) is 0 Å². The maximum Gasteiger partial charge on any atom is 0.341 e. The van der Waals surface area contributed by atoms with Gasteiger partial charge in [-0.05, 0) is 79.6 Å². The van der Waals surface area contributed by atoms with Gasteiger partial charge in [0.1, 0.15) is 22.8 Å². The van der Waals surface area contributed by atoms with Crippen LogP contribution in [0.1, 0.15) is 42.9 Å². The third-order valence-corrected chi connectivity index (χ3v) is 8.85. The number of aliphatic carboxylic acids is 1. The van der Waals surface area contributed by atoms with Crippen molar-refractivity contribution in [2.75, 3.05) is 27.4 Å². The lowest BCUT2D eigenvalue weighted by molar-refractivity contribution is -0.155. The molecule has 2 atom stereocenters. The summed E-state index contributed by atoms with van der Waals surface area (Å²) in [4.78, 5) is 28.6. The number of carboxylic acid groups (broad SMARTS) is 1. The van der Waals surface area contributed by atoms with Gasteiger partial charge in [-0.2, -0.15) is 4.31 Å². The number of esters is 1. The van der Waals surface area contributed by atoms with Crippen LogP contribution in [0.5, 0.6) is 17.2 Å². The van der Waals surface area contributed by atoms with E-state index in [1.807, 2.05) is 12.1 Å². The van der Waals surface area contributed by atoms with Gasteiger partial charge in [-0.3, -0.25) is 9.78 Å². The predicted molar refractivity (Wildman–Crippen MR) is 152 cm³/mol. The van der Waals surface area contributed by atoms with Crippen molar-refractivity contribution in [3.05, 3.63) is 78.1 Å². The molecule has 1 unspecified atom stereocenters. The molecular weight excluding hydrogens is 564 g/mol. The second-order valence-corrected chi connectivity index (χ2v) is 11.6. The van der Waals surface area contributed by atoms with Crippen LogP contribution in [0.4, 0.5) is 0 Å². The molecule has 4 rings (SSSR count). The number of carbonyl (C=O) groups is 2. The summed E-state index contributed by atoms with van der Waals surface area (Å²) in [5.41, 5.74) is 1.50. The zero-order valence-corrected chi connectivity index (χ0v) is 24.3. The molecule has 224 valence electrons. The van der Waals surface area contributed by atoms with Gasteiger partial charge in [-0.25, -0.2) is 13.2 Å². The standard InChI is InChI=1S/C30H34N2O9S/c1-38-27-14-12-21(17-28(27)39-2)11-13-26(22-7-5-8-23(18-22)40-20-29(33)34)41-30(35)25-10-3-4-16-32(25)42(36,37)24-9-6-15-31-19-24/h5-9,12,14-15,17-19,25-26H,3-4,10-11,13,16,20H2,1-2H3,(H,33,34)/t25?,26-/m1/s1. The smallest absolute Gasteiger partial charge is 0.341 e. The minimum atomic E-state index is -3.98. The van der Waals surface area contributed by atoms with Gasteiger partial charge in [-0.15, -0.1) is 0 Å². The van der Waals surface area contributed by atoms with Gasteiger partial charge in [0.2, 0.25) is 10.0 Å². The first-order valence-corrected chi connectivity index (χ1v) is 14.9. The summed E-state index contributed by atoms with van der Waals surface area (Å²) in [7, 11) is -0.883. The molecule has 12 heteroatoms. The number of carboxylic acids is 1. The van der Waals surface area contributed by atoms with Gasteiger partial charge >= 0.3 is 11.9 Å². The number of hydrogen-bond acceptors (Lipinski definition) is 9. The summed E-state index contributed by atoms with van der Waals surface area (Å²) in [5.74, 6) is -0.327. The summed E-state index contributed by atoms with van der Waals surface area (Å²) in [5, 5.41) is 9.01. The van der Waals surface area contributed by atoms with Crippen LogP contribution in [0.3, 0.4) is 0 Å². The Morgan fingerprint density at radius 3 is 2.57 bits per heavy atom. The molecule has 0 radical (unpaired) electrons. The molecule has 0 aliphatic carbocycles. The van der Waals surface area contributed by atoms with E-state index in [0.29, 0.717) is 54.9 Å². The molecule has 1 saturated heterocycles. The van der Waals surface area contributed by atoms with E-state index in [4.69, 9.17) is 24.1 Å². The molecule has 0 amide bonds. The zero-order chi connectivity index (χ0) is 30.1. The fourth-order valence-electron chi connectivity index (χ4n) is 4.86. The lowest BCUT2D eigenvalue weighted by Gasteiger charge is -2.34. The van der Waals surface area contributed by atoms with Crippen molar-refractivity contribution in [2.45, 2.75) is 49.1 Å². The van der Waals surface area contributed by atoms with E-state index in [1.165, 1.54) is 28.8 Å². The summed E-state index contributed by atoms with van der Waals surface area (Å²) < 4.78 is 50.2. The Kier molecular flexibility index (Phi) is 10.4. The Bertz CT molecular complexity index is 1480. The molecule has 1 aromatic heterocycles. The number of ether oxygens (including phenoxy) is 4. The fourth-order valence-corrected chi connectivity index (χ4v) is 6.47. The predicted octanol–water partition coefficient (Wildman–Crippen LogP) is 4.02. The Balaban J connectivity index is 1.60. The second kappa shape index (κ2) is 14.1. The number of pyridine rings is 1. The van der Waals surface area contributed by atoms with Crippen LogP contribution >= 0.6 is 0 Å². The summed E-state index contributed by atoms with van der Waals surface area (Å²) in [6, 6.07) is 14.2. The first-order valence-electron chi connectivity index (χ1n) is 13.5. The van der Waals surface area contributed by atoms with Crippen LogP contribution in [0, 0.1) is 0 Å². The largest absolute Gasteiger partial charge is 0.493 e. The fraction of sp³-hybridized carbons (Fsp3) is 0.367. The second-order valence-electron chi connectivity index (χ2n) is 9.72. The Hall–Kier alpha value is -4.16. The van der Waals surface area contributed by atoms with Crippen LogP contribution in [-0.4, -0.2) is 68.2 Å². The number of hydrogen-bond donors (Lipinski definition) is 1. The maximum atomic E-state index is 13.7. The first-order chi connectivity index (χ1) is 20.2. The normalized spacial score (nSPS) is 16.3. The summed E-state index contributed by atoms with van der Waals surface area (Å²) in [6.07, 6.45) is 4.43. The van der Waals surface area contributed by atoms with Gasteiger partial charge in [0.15, 0.2) is 18.1 Å². The number of rotatable bonds is 13. The van der Waals surface area contributed by atoms with Crippen molar-refractivity contribution in [3.63, 3.8) is 0 Å². The van der Waals surface area contributed by atoms with Crippen molar-refractivity contribution in [2.24, 2.45) is 0 Å². The quantitative estimate of drug-likeness (QED) is 0.287. The first kappa shape index (κ1) is 30.8. The SMILES string of the molecule is COc1ccc(CC[C@@H](OC(=O)C2CCCCN2S(=O)(=O)c2cccnc2)c2cccc(OCC(=O)O)c2)cc1OC. The lowest BCUT2D eigenvalue weighted by atomic mass is 10.00. The van der Waals surface area contributed by atoms with Crippen molar-refractivity contribution in [1.29, 1.82) is 0 Å². The van der Waals surface area contributed by atoms with E-state index in [1.54, 1.807) is 44.6 Å². The molecule has 2 aromatic carbocycles. The highest BCUT2D eigenvalue weighted by molar-refractivity contribution is 7.89. The van der Waals surface area contributed by atoms with Gasteiger partial charge < -0.3 is 24.1 Å². The average Bonchev–Trinajstić information content (AvgIpc) is 3.02. The minimum Gasteiger partial charge on any atom is -0.493 e. The zero-order valence-electron chi connectivity index (χ0n) is 23.5. The number of piperidine rings is 1. The van der Waals surface area contributed by atoms with E-state index in [2.05, 4.69) is 4.98 Å². The summed E-state index contributed by atoms with van der Waals surface area (Å²) in [6.45, 7) is -0.339. The van der Waals surface area contributed by atoms with E-state index >= 15 is 0 Å². The minimum absolute atomic E-state index is 0.0120. The summed E-state index contributed by atoms with van der Waals surface area (Å²) >= 11 is 0. The molecule has 1 aliphatic rings. The number of aromatic nitrogens is 1. The van der Waals surface area contributed by atoms with E-state index in [9.17, 15) is 18.0 Å². The van der Waals surface area contributed by atoms with Crippen molar-refractivity contribution < 1.29 is 42.1 Å². The molecule has 1 N–H and O–H groups in total. The monoisotopic (exact) mass is 598 g/mol. The van der Waals surface area contributed by atoms with Gasteiger partial charge in [0.05, 0.1) is 14.2 Å². The highest BCUT2D eigenvalue weighted by atomic mass is 32.2. The molecule has 2 heterocycles. The molecule has 0 spiro atoms. The van der Waals surface area contributed by atoms with Gasteiger partial charge in [-0.1, -0.05) is 18.2 Å². The van der Waals surface area contributed by atoms with Gasteiger partial charge in [0, 0.05) is 18.9 Å². The Morgan fingerprint density at radius 2 is 1.86 bits per heavy atom. The molecule has 42 heavy (non-hydrogen) atoms. The van der Waals surface area contributed by atoms with Crippen LogP contribution in [-0.2, 0) is 30.8 Å². The van der Waals surface area contributed by atoms with Crippen molar-refractivity contribution in [3.8, 4) is 17.2 Å². The van der Waals surface area contributed by atoms with E-state index in [0.717, 1.165) is 5.56 Å². The highest BCUT2D eigenvalue weighted by Gasteiger charge is 2.39. The molecule has 0 bridgehead atoms. The number of carbonyl (C=O) groups excluding carboxylic acids is 1. The molecular formula is C30H34N2O9S. The molecule has 0 saturated carbocycles. The lowest BCUT2D eigenvalue weighted by Crippen LogP contribution is -2.48. The third-order valence-electron chi connectivity index (χ3n) is 6.96. The molecule has 11 nitrogen and oxygen atoms in total. The molecule has 1 aliphatic heterocycles. The number of sulfonamides is 1. The number of benzene rings is 2. The maximum absolute atomic E-state index is 13.7. The van der Waals surface area contributed by atoms with E-state index < -0.39 is 40.7 Å². The number of methoxy groups -OCH3 is 2. The van der Waals surface area contributed by atoms with Crippen LogP contribution in [0.15, 0.2) is 71.9 Å². The van der Waals surface area contributed by atoms with Crippen LogP contribution < -0.4 is 14.2 Å². The van der Waals surface area contributed by atoms with E-state index in [-0.39, 0.29) is 11.4 Å². The van der Waals surface area contributed by atoms with Crippen molar-refractivity contribution in [1.82, 2.24) is 9.29 Å². The topological polar surface area (TPSA) is 142 Å². The number of nitrogens with zero attached hydrogens (tertiary/aromatic N) is 2. The molecule has 3 aromatic rings. The molecule has 1 fully saturated rings. The third kappa shape index (κ3) is 7.56. The van der Waals surface area contributed by atoms with Crippen molar-refractivity contribution >= 4 is 22.0 Å². The van der Waals surface area contributed by atoms with Crippen LogP contribution in [0.2, 0.25) is 0 Å². The highest BCUT2D eigenvalue weighted by Crippen LogP contribution is 2.33.